The molecule has 2 aliphatic rings. The lowest BCUT2D eigenvalue weighted by atomic mass is 9.76. The van der Waals surface area contributed by atoms with E-state index in [0.717, 1.165) is 58.2 Å². The molecule has 0 aromatic rings. The van der Waals surface area contributed by atoms with Crippen LogP contribution in [-0.4, -0.2) is 67.1 Å². The van der Waals surface area contributed by atoms with E-state index in [1.165, 1.54) is 6.42 Å². The normalized spacial score (nSPS) is 30.3. The third-order valence-corrected chi connectivity index (χ3v) is 5.24. The van der Waals surface area contributed by atoms with Gasteiger partial charge in [-0.25, -0.2) is 0 Å². The Morgan fingerprint density at radius 1 is 1.40 bits per heavy atom. The van der Waals surface area contributed by atoms with Gasteiger partial charge in [-0.2, -0.15) is 0 Å². The minimum absolute atomic E-state index is 0.178. The number of rotatable bonds is 6. The van der Waals surface area contributed by atoms with Gasteiger partial charge in [0.05, 0.1) is 12.1 Å². The van der Waals surface area contributed by atoms with Crippen LogP contribution in [0.5, 0.6) is 0 Å². The summed E-state index contributed by atoms with van der Waals surface area (Å²) in [7, 11) is 0. The Kier molecular flexibility index (Phi) is 5.27. The molecule has 20 heavy (non-hydrogen) atoms. The van der Waals surface area contributed by atoms with Crippen LogP contribution in [0, 0.1) is 5.92 Å². The zero-order valence-corrected chi connectivity index (χ0v) is 13.4. The molecule has 0 aromatic carbocycles. The SMILES string of the molecule is CCC1CNCCC12CN=C(N)N2CCN(CC)CC. The summed E-state index contributed by atoms with van der Waals surface area (Å²) in [6, 6.07) is 0. The van der Waals surface area contributed by atoms with Crippen molar-refractivity contribution < 1.29 is 0 Å². The zero-order chi connectivity index (χ0) is 14.6. The lowest BCUT2D eigenvalue weighted by molar-refractivity contribution is 0.0729. The summed E-state index contributed by atoms with van der Waals surface area (Å²) in [6.45, 7) is 14.1. The third kappa shape index (κ3) is 2.79. The summed E-state index contributed by atoms with van der Waals surface area (Å²) < 4.78 is 0. The largest absolute Gasteiger partial charge is 0.370 e. The van der Waals surface area contributed by atoms with Gasteiger partial charge < -0.3 is 20.9 Å². The average molecular weight is 281 g/mol. The molecular formula is C15H31N5. The van der Waals surface area contributed by atoms with Gasteiger partial charge in [0.2, 0.25) is 0 Å². The average Bonchev–Trinajstić information content (AvgIpc) is 2.78. The predicted molar refractivity (Wildman–Crippen MR) is 85.0 cm³/mol. The van der Waals surface area contributed by atoms with Crippen molar-refractivity contribution in [3.63, 3.8) is 0 Å². The lowest BCUT2D eigenvalue weighted by Gasteiger charge is -2.48. The summed E-state index contributed by atoms with van der Waals surface area (Å²) in [6.07, 6.45) is 2.35. The maximum absolute atomic E-state index is 6.21. The Morgan fingerprint density at radius 3 is 2.80 bits per heavy atom. The summed E-state index contributed by atoms with van der Waals surface area (Å²) in [5.41, 5.74) is 6.39. The zero-order valence-electron chi connectivity index (χ0n) is 13.4. The fourth-order valence-electron chi connectivity index (χ4n) is 3.80. The monoisotopic (exact) mass is 281 g/mol. The first-order chi connectivity index (χ1) is 9.67. The molecule has 0 radical (unpaired) electrons. The maximum Gasteiger partial charge on any atom is 0.191 e. The number of aliphatic imine (C=N–C) groups is 1. The predicted octanol–water partition coefficient (Wildman–Crippen LogP) is 0.717. The van der Waals surface area contributed by atoms with Gasteiger partial charge in [-0.05, 0) is 38.4 Å². The number of nitrogens with zero attached hydrogens (tertiary/aromatic N) is 3. The molecule has 116 valence electrons. The molecule has 1 fully saturated rings. The van der Waals surface area contributed by atoms with Crippen LogP contribution in [0.4, 0.5) is 0 Å². The van der Waals surface area contributed by atoms with Crippen molar-refractivity contribution in [2.24, 2.45) is 16.6 Å². The van der Waals surface area contributed by atoms with Crippen LogP contribution in [0.1, 0.15) is 33.6 Å². The van der Waals surface area contributed by atoms with Crippen molar-refractivity contribution in [3.8, 4) is 0 Å². The molecule has 0 aliphatic carbocycles. The first-order valence-electron chi connectivity index (χ1n) is 8.18. The number of hydrogen-bond donors (Lipinski definition) is 2. The van der Waals surface area contributed by atoms with E-state index in [0.29, 0.717) is 5.92 Å². The number of guanidine groups is 1. The number of nitrogens with one attached hydrogen (secondary N) is 1. The standard InChI is InChI=1S/C15H31N5/c1-4-13-11-17-8-7-15(13)12-18-14(16)20(15)10-9-19(5-2)6-3/h13,17H,4-12H2,1-3H3,(H2,16,18). The Labute approximate surface area is 123 Å². The van der Waals surface area contributed by atoms with E-state index in [9.17, 15) is 0 Å². The quantitative estimate of drug-likeness (QED) is 0.753. The van der Waals surface area contributed by atoms with Crippen molar-refractivity contribution in [2.75, 3.05) is 45.8 Å². The molecule has 0 bridgehead atoms. The molecule has 1 saturated heterocycles. The van der Waals surface area contributed by atoms with Crippen molar-refractivity contribution in [1.29, 1.82) is 0 Å². The van der Waals surface area contributed by atoms with Crippen LogP contribution < -0.4 is 11.1 Å². The summed E-state index contributed by atoms with van der Waals surface area (Å²) in [5, 5.41) is 3.53. The first-order valence-corrected chi connectivity index (χ1v) is 8.18. The highest BCUT2D eigenvalue weighted by Crippen LogP contribution is 2.36. The fraction of sp³-hybridized carbons (Fsp3) is 0.933. The highest BCUT2D eigenvalue weighted by molar-refractivity contribution is 5.81. The third-order valence-electron chi connectivity index (χ3n) is 5.24. The second-order valence-electron chi connectivity index (χ2n) is 6.02. The molecule has 1 spiro atoms. The van der Waals surface area contributed by atoms with Gasteiger partial charge in [-0.1, -0.05) is 20.8 Å². The van der Waals surface area contributed by atoms with Crippen LogP contribution >= 0.6 is 0 Å². The number of likely N-dealkylation sites (N-methyl/N-ethyl adjacent to an activating group) is 1. The molecular weight excluding hydrogens is 250 g/mol. The first kappa shape index (κ1) is 15.6. The smallest absolute Gasteiger partial charge is 0.191 e. The molecule has 3 N–H and O–H groups in total. The minimum atomic E-state index is 0.178. The fourth-order valence-corrected chi connectivity index (χ4v) is 3.80. The van der Waals surface area contributed by atoms with Crippen LogP contribution in [0.15, 0.2) is 4.99 Å². The van der Waals surface area contributed by atoms with Crippen LogP contribution in [0.3, 0.4) is 0 Å². The van der Waals surface area contributed by atoms with Crippen LogP contribution in [0.2, 0.25) is 0 Å². The van der Waals surface area contributed by atoms with Crippen molar-refractivity contribution in [2.45, 2.75) is 39.2 Å². The van der Waals surface area contributed by atoms with Gasteiger partial charge in [0.1, 0.15) is 0 Å². The molecule has 0 amide bonds. The molecule has 5 nitrogen and oxygen atoms in total. The highest BCUT2D eigenvalue weighted by atomic mass is 15.4. The van der Waals surface area contributed by atoms with Gasteiger partial charge in [-0.15, -0.1) is 0 Å². The molecule has 0 aromatic heterocycles. The Morgan fingerprint density at radius 2 is 2.15 bits per heavy atom. The minimum Gasteiger partial charge on any atom is -0.370 e. The maximum atomic E-state index is 6.21. The second kappa shape index (κ2) is 6.76. The van der Waals surface area contributed by atoms with Crippen molar-refractivity contribution >= 4 is 5.96 Å². The Balaban J connectivity index is 2.08. The molecule has 2 aliphatic heterocycles. The van der Waals surface area contributed by atoms with E-state index in [1.807, 2.05) is 0 Å². The molecule has 5 heteroatoms. The summed E-state index contributed by atoms with van der Waals surface area (Å²) in [5.74, 6) is 1.41. The van der Waals surface area contributed by atoms with Crippen LogP contribution in [0.25, 0.3) is 0 Å². The van der Waals surface area contributed by atoms with E-state index in [1.54, 1.807) is 0 Å². The van der Waals surface area contributed by atoms with Gasteiger partial charge in [-0.3, -0.25) is 4.99 Å². The summed E-state index contributed by atoms with van der Waals surface area (Å²) >= 11 is 0. The van der Waals surface area contributed by atoms with E-state index in [4.69, 9.17) is 5.73 Å². The molecule has 2 atom stereocenters. The van der Waals surface area contributed by atoms with Crippen molar-refractivity contribution in [3.05, 3.63) is 0 Å². The van der Waals surface area contributed by atoms with Crippen molar-refractivity contribution in [1.82, 2.24) is 15.1 Å². The van der Waals surface area contributed by atoms with E-state index in [-0.39, 0.29) is 5.54 Å². The molecule has 2 heterocycles. The summed E-state index contributed by atoms with van der Waals surface area (Å²) in [4.78, 5) is 9.47. The molecule has 0 saturated carbocycles. The van der Waals surface area contributed by atoms with E-state index in [2.05, 4.69) is 40.9 Å². The van der Waals surface area contributed by atoms with Gasteiger partial charge in [0.25, 0.3) is 0 Å². The number of hydrogen-bond acceptors (Lipinski definition) is 5. The van der Waals surface area contributed by atoms with Crippen LogP contribution in [-0.2, 0) is 0 Å². The second-order valence-corrected chi connectivity index (χ2v) is 6.02. The highest BCUT2D eigenvalue weighted by Gasteiger charge is 2.48. The number of piperidine rings is 1. The molecule has 2 rings (SSSR count). The Bertz CT molecular complexity index is 339. The topological polar surface area (TPSA) is 56.9 Å². The van der Waals surface area contributed by atoms with Gasteiger partial charge in [0.15, 0.2) is 5.96 Å². The van der Waals surface area contributed by atoms with E-state index >= 15 is 0 Å². The Hall–Kier alpha value is -0.810. The van der Waals surface area contributed by atoms with Gasteiger partial charge in [0, 0.05) is 19.6 Å². The van der Waals surface area contributed by atoms with Gasteiger partial charge >= 0.3 is 0 Å². The number of nitrogens with two attached hydrogens (primary N) is 1. The van der Waals surface area contributed by atoms with E-state index < -0.39 is 0 Å². The lowest BCUT2D eigenvalue weighted by Crippen LogP contribution is -2.62. The molecule has 2 unspecified atom stereocenters.